The van der Waals surface area contributed by atoms with Gasteiger partial charge in [-0.15, -0.1) is 0 Å². The Bertz CT molecular complexity index is 375. The number of nitrogens with two attached hydrogens (primary N) is 1. The van der Waals surface area contributed by atoms with E-state index in [4.69, 9.17) is 17.3 Å². The van der Waals surface area contributed by atoms with Crippen LogP contribution in [0.3, 0.4) is 0 Å². The van der Waals surface area contributed by atoms with Crippen molar-refractivity contribution in [2.24, 2.45) is 5.73 Å². The quantitative estimate of drug-likeness (QED) is 0.885. The molecule has 19 heavy (non-hydrogen) atoms. The summed E-state index contributed by atoms with van der Waals surface area (Å²) in [5.74, 6) is 0.774. The van der Waals surface area contributed by atoms with Gasteiger partial charge in [0.1, 0.15) is 0 Å². The van der Waals surface area contributed by atoms with E-state index in [0.717, 1.165) is 51.5 Å². The molecule has 106 valence electrons. The standard InChI is InChI=1S/C13H22ClN5/c1-2-12(3-4-15)18-5-7-19(8-6-18)13-16-9-11(14)10-17-13/h9-10,12H,2-8,15H2,1H3. The fourth-order valence-electron chi connectivity index (χ4n) is 2.59. The maximum atomic E-state index is 5.81. The van der Waals surface area contributed by atoms with Gasteiger partial charge >= 0.3 is 0 Å². The topological polar surface area (TPSA) is 58.3 Å². The molecule has 0 aliphatic carbocycles. The van der Waals surface area contributed by atoms with Gasteiger partial charge in [0, 0.05) is 32.2 Å². The average molecular weight is 284 g/mol. The van der Waals surface area contributed by atoms with Gasteiger partial charge in [-0.05, 0) is 19.4 Å². The van der Waals surface area contributed by atoms with Crippen LogP contribution in [-0.2, 0) is 0 Å². The highest BCUT2D eigenvalue weighted by atomic mass is 35.5. The molecule has 1 aromatic heterocycles. The molecule has 6 heteroatoms. The molecule has 0 bridgehead atoms. The summed E-state index contributed by atoms with van der Waals surface area (Å²) in [4.78, 5) is 13.3. The Labute approximate surface area is 119 Å². The van der Waals surface area contributed by atoms with Crippen molar-refractivity contribution in [3.63, 3.8) is 0 Å². The van der Waals surface area contributed by atoms with Crippen LogP contribution in [0.5, 0.6) is 0 Å². The minimum Gasteiger partial charge on any atom is -0.338 e. The Morgan fingerprint density at radius 2 is 1.89 bits per heavy atom. The van der Waals surface area contributed by atoms with Crippen LogP contribution in [0.25, 0.3) is 0 Å². The SMILES string of the molecule is CCC(CCN)N1CCN(c2ncc(Cl)cn2)CC1. The highest BCUT2D eigenvalue weighted by Gasteiger charge is 2.23. The van der Waals surface area contributed by atoms with E-state index in [9.17, 15) is 0 Å². The molecule has 0 radical (unpaired) electrons. The summed E-state index contributed by atoms with van der Waals surface area (Å²) >= 11 is 5.81. The van der Waals surface area contributed by atoms with Crippen LogP contribution in [-0.4, -0.2) is 53.6 Å². The Balaban J connectivity index is 1.89. The normalized spacial score (nSPS) is 18.6. The number of halogens is 1. The Kier molecular flexibility index (Phi) is 5.36. The zero-order chi connectivity index (χ0) is 13.7. The molecule has 5 nitrogen and oxygen atoms in total. The molecule has 1 aliphatic heterocycles. The van der Waals surface area contributed by atoms with Crippen molar-refractivity contribution in [1.82, 2.24) is 14.9 Å². The van der Waals surface area contributed by atoms with Crippen LogP contribution in [0.1, 0.15) is 19.8 Å². The summed E-state index contributed by atoms with van der Waals surface area (Å²) < 4.78 is 0. The average Bonchev–Trinajstić information content (AvgIpc) is 2.46. The summed E-state index contributed by atoms with van der Waals surface area (Å²) in [6, 6.07) is 0.610. The van der Waals surface area contributed by atoms with E-state index in [0.29, 0.717) is 11.1 Å². The van der Waals surface area contributed by atoms with Crippen LogP contribution in [0, 0.1) is 0 Å². The first-order valence-electron chi connectivity index (χ1n) is 6.91. The second-order valence-electron chi connectivity index (χ2n) is 4.86. The zero-order valence-corrected chi connectivity index (χ0v) is 12.2. The maximum Gasteiger partial charge on any atom is 0.225 e. The molecule has 1 aromatic rings. The first-order chi connectivity index (χ1) is 9.24. The van der Waals surface area contributed by atoms with Crippen molar-refractivity contribution in [3.05, 3.63) is 17.4 Å². The highest BCUT2D eigenvalue weighted by molar-refractivity contribution is 6.30. The molecule has 1 unspecified atom stereocenters. The lowest BCUT2D eigenvalue weighted by atomic mass is 10.1. The van der Waals surface area contributed by atoms with Gasteiger partial charge in [0.05, 0.1) is 17.4 Å². The molecule has 2 N–H and O–H groups in total. The van der Waals surface area contributed by atoms with Gasteiger partial charge in [-0.3, -0.25) is 4.90 Å². The number of aromatic nitrogens is 2. The van der Waals surface area contributed by atoms with Gasteiger partial charge < -0.3 is 10.6 Å². The number of rotatable bonds is 5. The molecule has 1 atom stereocenters. The molecule has 0 aromatic carbocycles. The maximum absolute atomic E-state index is 5.81. The third-order valence-electron chi connectivity index (χ3n) is 3.69. The van der Waals surface area contributed by atoms with Crippen molar-refractivity contribution in [2.45, 2.75) is 25.8 Å². The molecule has 0 spiro atoms. The van der Waals surface area contributed by atoms with Crippen LogP contribution in [0.15, 0.2) is 12.4 Å². The smallest absolute Gasteiger partial charge is 0.225 e. The van der Waals surface area contributed by atoms with E-state index >= 15 is 0 Å². The third kappa shape index (κ3) is 3.78. The molecular formula is C13H22ClN5. The van der Waals surface area contributed by atoms with Gasteiger partial charge in [-0.1, -0.05) is 18.5 Å². The van der Waals surface area contributed by atoms with Crippen LogP contribution in [0.2, 0.25) is 5.02 Å². The van der Waals surface area contributed by atoms with E-state index < -0.39 is 0 Å². The van der Waals surface area contributed by atoms with Gasteiger partial charge in [-0.2, -0.15) is 0 Å². The first-order valence-corrected chi connectivity index (χ1v) is 7.29. The molecule has 2 heterocycles. The van der Waals surface area contributed by atoms with Crippen molar-refractivity contribution in [2.75, 3.05) is 37.6 Å². The van der Waals surface area contributed by atoms with Gasteiger partial charge in [0.25, 0.3) is 0 Å². The minimum absolute atomic E-state index is 0.580. The van der Waals surface area contributed by atoms with Gasteiger partial charge in [-0.25, -0.2) is 9.97 Å². The monoisotopic (exact) mass is 283 g/mol. The Morgan fingerprint density at radius 1 is 1.26 bits per heavy atom. The number of nitrogens with zero attached hydrogens (tertiary/aromatic N) is 4. The number of hydrogen-bond acceptors (Lipinski definition) is 5. The molecule has 1 saturated heterocycles. The van der Waals surface area contributed by atoms with Crippen molar-refractivity contribution in [1.29, 1.82) is 0 Å². The lowest BCUT2D eigenvalue weighted by Crippen LogP contribution is -2.51. The van der Waals surface area contributed by atoms with Crippen molar-refractivity contribution >= 4 is 17.5 Å². The fraction of sp³-hybridized carbons (Fsp3) is 0.692. The summed E-state index contributed by atoms with van der Waals surface area (Å²) in [7, 11) is 0. The van der Waals surface area contributed by atoms with Gasteiger partial charge in [0.2, 0.25) is 5.95 Å². The molecule has 1 aliphatic rings. The highest BCUT2D eigenvalue weighted by Crippen LogP contribution is 2.16. The van der Waals surface area contributed by atoms with E-state index in [-0.39, 0.29) is 0 Å². The van der Waals surface area contributed by atoms with Crippen LogP contribution in [0.4, 0.5) is 5.95 Å². The lowest BCUT2D eigenvalue weighted by Gasteiger charge is -2.39. The number of anilines is 1. The van der Waals surface area contributed by atoms with E-state index in [2.05, 4.69) is 26.7 Å². The Hall–Kier alpha value is -0.910. The number of piperazine rings is 1. The molecular weight excluding hydrogens is 262 g/mol. The molecule has 2 rings (SSSR count). The largest absolute Gasteiger partial charge is 0.338 e. The second kappa shape index (κ2) is 7.03. The molecule has 0 amide bonds. The fourth-order valence-corrected chi connectivity index (χ4v) is 2.69. The summed E-state index contributed by atoms with van der Waals surface area (Å²) in [6.45, 7) is 7.01. The Morgan fingerprint density at radius 3 is 2.42 bits per heavy atom. The lowest BCUT2D eigenvalue weighted by molar-refractivity contribution is 0.172. The molecule has 1 fully saturated rings. The minimum atomic E-state index is 0.580. The zero-order valence-electron chi connectivity index (χ0n) is 11.4. The van der Waals surface area contributed by atoms with Crippen LogP contribution >= 0.6 is 11.6 Å². The summed E-state index contributed by atoms with van der Waals surface area (Å²) in [6.07, 6.45) is 5.54. The van der Waals surface area contributed by atoms with Gasteiger partial charge in [0.15, 0.2) is 0 Å². The third-order valence-corrected chi connectivity index (χ3v) is 3.89. The number of hydrogen-bond donors (Lipinski definition) is 1. The summed E-state index contributed by atoms with van der Waals surface area (Å²) in [5.41, 5.74) is 5.67. The van der Waals surface area contributed by atoms with Crippen LogP contribution < -0.4 is 10.6 Å². The van der Waals surface area contributed by atoms with E-state index in [1.54, 1.807) is 12.4 Å². The van der Waals surface area contributed by atoms with Crippen molar-refractivity contribution in [3.8, 4) is 0 Å². The predicted octanol–water partition coefficient (Wildman–Crippen LogP) is 1.38. The van der Waals surface area contributed by atoms with E-state index in [1.807, 2.05) is 0 Å². The molecule has 0 saturated carbocycles. The summed E-state index contributed by atoms with van der Waals surface area (Å²) in [5, 5.41) is 0.580. The second-order valence-corrected chi connectivity index (χ2v) is 5.30. The van der Waals surface area contributed by atoms with E-state index in [1.165, 1.54) is 0 Å². The van der Waals surface area contributed by atoms with Crippen molar-refractivity contribution < 1.29 is 0 Å². The predicted molar refractivity (Wildman–Crippen MR) is 78.6 cm³/mol. The first kappa shape index (κ1) is 14.5.